The van der Waals surface area contributed by atoms with Crippen molar-refractivity contribution in [3.8, 4) is 0 Å². The fraction of sp³-hybridized carbons (Fsp3) is 0.778. The minimum Gasteiger partial charge on any atom is -0.483 e. The zero-order chi connectivity index (χ0) is 19.4. The van der Waals surface area contributed by atoms with Crippen molar-refractivity contribution in [2.24, 2.45) is 31.8 Å². The maximum absolute atomic E-state index is 5.53. The Morgan fingerprint density at radius 1 is 0.538 bits per heavy atom. The molecule has 0 bridgehead atoms. The summed E-state index contributed by atoms with van der Waals surface area (Å²) >= 11 is 0. The molecular weight excluding hydrogens is 336 g/mol. The normalized spacial score (nSPS) is 28.8. The zero-order valence-electron chi connectivity index (χ0n) is 16.9. The lowest BCUT2D eigenvalue weighted by atomic mass is 9.98. The van der Waals surface area contributed by atoms with Crippen molar-refractivity contribution in [3.63, 3.8) is 0 Å². The summed E-state index contributed by atoms with van der Waals surface area (Å²) in [6.07, 6.45) is 0. The second-order valence-corrected chi connectivity index (χ2v) is 6.95. The van der Waals surface area contributed by atoms with Crippen molar-refractivity contribution < 1.29 is 18.9 Å². The van der Waals surface area contributed by atoms with Gasteiger partial charge in [0.05, 0.1) is 28.4 Å². The molecule has 0 aromatic carbocycles. The smallest absolute Gasteiger partial charge is 0.212 e. The highest BCUT2D eigenvalue weighted by Gasteiger charge is 2.42. The van der Waals surface area contributed by atoms with Crippen molar-refractivity contribution >= 4 is 23.6 Å². The Bertz CT molecular complexity index is 571. The van der Waals surface area contributed by atoms with Crippen LogP contribution in [0.15, 0.2) is 20.0 Å². The minimum absolute atomic E-state index is 0.188. The predicted octanol–water partition coefficient (Wildman–Crippen LogP) is 1.98. The zero-order valence-corrected chi connectivity index (χ0v) is 16.9. The van der Waals surface area contributed by atoms with Crippen LogP contribution >= 0.6 is 0 Å². The Balaban J connectivity index is 2.47. The molecule has 0 fully saturated rings. The predicted molar refractivity (Wildman–Crippen MR) is 103 cm³/mol. The molecule has 2 aliphatic heterocycles. The molecule has 0 amide bonds. The lowest BCUT2D eigenvalue weighted by molar-refractivity contribution is 0.310. The SMILES string of the molecule is COC1=N[C@H](C(C)C)C(OC)=N[C@H]1[C@@H]1N=C(OC)[C@@H](C(C)C)N=C1OC. The van der Waals surface area contributed by atoms with Gasteiger partial charge in [0.2, 0.25) is 23.6 Å². The van der Waals surface area contributed by atoms with Crippen molar-refractivity contribution in [3.05, 3.63) is 0 Å². The van der Waals surface area contributed by atoms with Crippen molar-refractivity contribution in [1.29, 1.82) is 0 Å². The van der Waals surface area contributed by atoms with Gasteiger partial charge >= 0.3 is 0 Å². The standard InChI is InChI=1S/C18H30N4O4/c1-9(2)11-15(23-5)21-13(17(19-11)25-7)14-18(26-8)20-12(10(3)4)16(22-14)24-6/h9-14H,1-8H3/t11-,12-,13+,14+/m1/s1. The summed E-state index contributed by atoms with van der Waals surface area (Å²) < 4.78 is 22.0. The van der Waals surface area contributed by atoms with Crippen molar-refractivity contribution in [2.45, 2.75) is 51.9 Å². The van der Waals surface area contributed by atoms with Gasteiger partial charge in [0.25, 0.3) is 0 Å². The molecule has 0 aromatic rings. The Kier molecular flexibility index (Phi) is 6.61. The van der Waals surface area contributed by atoms with Crippen molar-refractivity contribution in [1.82, 2.24) is 0 Å². The molecule has 0 aliphatic carbocycles. The fourth-order valence-electron chi connectivity index (χ4n) is 3.05. The summed E-state index contributed by atoms with van der Waals surface area (Å²) in [5, 5.41) is 0. The molecule has 0 radical (unpaired) electrons. The van der Waals surface area contributed by atoms with Gasteiger partial charge in [-0.2, -0.15) is 0 Å². The van der Waals surface area contributed by atoms with E-state index in [2.05, 4.69) is 27.7 Å². The van der Waals surface area contributed by atoms with Gasteiger partial charge in [0, 0.05) is 0 Å². The van der Waals surface area contributed by atoms with Crippen LogP contribution in [0.4, 0.5) is 0 Å². The number of nitrogens with zero attached hydrogens (tertiary/aromatic N) is 4. The van der Waals surface area contributed by atoms with Crippen LogP contribution in [0.5, 0.6) is 0 Å². The van der Waals surface area contributed by atoms with E-state index in [0.717, 1.165) is 0 Å². The first-order valence-corrected chi connectivity index (χ1v) is 8.84. The quantitative estimate of drug-likeness (QED) is 0.764. The molecule has 2 rings (SSSR count). The molecule has 2 aliphatic rings. The van der Waals surface area contributed by atoms with E-state index in [9.17, 15) is 0 Å². The van der Waals surface area contributed by atoms with Crippen molar-refractivity contribution in [2.75, 3.05) is 28.4 Å². The second kappa shape index (κ2) is 8.51. The topological polar surface area (TPSA) is 86.4 Å². The van der Waals surface area contributed by atoms with Crippen LogP contribution in [0.2, 0.25) is 0 Å². The highest BCUT2D eigenvalue weighted by molar-refractivity contribution is 6.01. The minimum atomic E-state index is -0.512. The second-order valence-electron chi connectivity index (χ2n) is 6.95. The number of hydrogen-bond donors (Lipinski definition) is 0. The van der Waals surface area contributed by atoms with E-state index in [1.165, 1.54) is 0 Å². The van der Waals surface area contributed by atoms with Crippen LogP contribution < -0.4 is 0 Å². The first-order valence-electron chi connectivity index (χ1n) is 8.84. The van der Waals surface area contributed by atoms with Crippen LogP contribution in [0.3, 0.4) is 0 Å². The molecule has 0 saturated heterocycles. The van der Waals surface area contributed by atoms with Gasteiger partial charge in [0.15, 0.2) is 12.1 Å². The number of hydrogen-bond acceptors (Lipinski definition) is 8. The molecule has 8 heteroatoms. The summed E-state index contributed by atoms with van der Waals surface area (Å²) in [4.78, 5) is 18.9. The Morgan fingerprint density at radius 2 is 0.846 bits per heavy atom. The average molecular weight is 366 g/mol. The molecule has 0 spiro atoms. The van der Waals surface area contributed by atoms with Crippen LogP contribution in [0, 0.1) is 11.8 Å². The van der Waals surface area contributed by atoms with E-state index in [-0.39, 0.29) is 23.9 Å². The number of rotatable bonds is 3. The molecule has 0 saturated carbocycles. The molecule has 4 atom stereocenters. The molecule has 2 heterocycles. The van der Waals surface area contributed by atoms with Crippen LogP contribution in [0.25, 0.3) is 0 Å². The highest BCUT2D eigenvalue weighted by Crippen LogP contribution is 2.25. The first-order chi connectivity index (χ1) is 12.4. The van der Waals surface area contributed by atoms with Crippen LogP contribution in [-0.4, -0.2) is 76.2 Å². The summed E-state index contributed by atoms with van der Waals surface area (Å²) in [6.45, 7) is 8.25. The van der Waals surface area contributed by atoms with E-state index in [1.807, 2.05) is 0 Å². The van der Waals surface area contributed by atoms with Gasteiger partial charge in [-0.15, -0.1) is 0 Å². The third kappa shape index (κ3) is 3.83. The average Bonchev–Trinajstić information content (AvgIpc) is 2.65. The van der Waals surface area contributed by atoms with Gasteiger partial charge in [-0.05, 0) is 11.8 Å². The molecule has 0 N–H and O–H groups in total. The van der Waals surface area contributed by atoms with Gasteiger partial charge in [-0.3, -0.25) is 0 Å². The number of aliphatic imine (C=N–C) groups is 4. The molecule has 26 heavy (non-hydrogen) atoms. The maximum atomic E-state index is 5.53. The number of methoxy groups -OCH3 is 4. The Hall–Kier alpha value is -2.12. The lowest BCUT2D eigenvalue weighted by Gasteiger charge is -2.32. The molecule has 146 valence electrons. The van der Waals surface area contributed by atoms with E-state index in [0.29, 0.717) is 23.6 Å². The van der Waals surface area contributed by atoms with Crippen LogP contribution in [0.1, 0.15) is 27.7 Å². The van der Waals surface area contributed by atoms with E-state index in [4.69, 9.17) is 38.9 Å². The lowest BCUT2D eigenvalue weighted by Crippen LogP contribution is -2.48. The summed E-state index contributed by atoms with van der Waals surface area (Å²) in [7, 11) is 6.37. The molecule has 8 nitrogen and oxygen atoms in total. The Labute approximate surface area is 155 Å². The maximum Gasteiger partial charge on any atom is 0.212 e. The Morgan fingerprint density at radius 3 is 1.08 bits per heavy atom. The summed E-state index contributed by atoms with van der Waals surface area (Å²) in [5.41, 5.74) is 0. The summed E-state index contributed by atoms with van der Waals surface area (Å²) in [6, 6.07) is -1.40. The van der Waals surface area contributed by atoms with Gasteiger partial charge < -0.3 is 18.9 Å². The monoisotopic (exact) mass is 366 g/mol. The largest absolute Gasteiger partial charge is 0.483 e. The van der Waals surface area contributed by atoms with Gasteiger partial charge in [-0.25, -0.2) is 20.0 Å². The third-order valence-corrected chi connectivity index (χ3v) is 4.48. The van der Waals surface area contributed by atoms with E-state index >= 15 is 0 Å². The number of ether oxygens (including phenoxy) is 4. The molecule has 0 aromatic heterocycles. The van der Waals surface area contributed by atoms with E-state index < -0.39 is 12.1 Å². The highest BCUT2D eigenvalue weighted by atomic mass is 16.5. The fourth-order valence-corrected chi connectivity index (χ4v) is 3.05. The van der Waals surface area contributed by atoms with Crippen LogP contribution in [-0.2, 0) is 18.9 Å². The molecule has 0 unspecified atom stereocenters. The van der Waals surface area contributed by atoms with Gasteiger partial charge in [-0.1, -0.05) is 27.7 Å². The molecular formula is C18H30N4O4. The van der Waals surface area contributed by atoms with Gasteiger partial charge in [0.1, 0.15) is 12.1 Å². The third-order valence-electron chi connectivity index (χ3n) is 4.48. The van der Waals surface area contributed by atoms with E-state index in [1.54, 1.807) is 28.4 Å². The summed E-state index contributed by atoms with van der Waals surface area (Å²) in [5.74, 6) is 2.54. The first kappa shape index (κ1) is 20.2.